The predicted molar refractivity (Wildman–Crippen MR) is 350 cm³/mol. The summed E-state index contributed by atoms with van der Waals surface area (Å²) in [5.74, 6) is 0. The van der Waals surface area contributed by atoms with Gasteiger partial charge < -0.3 is 0 Å². The zero-order chi connectivity index (χ0) is 51.4. The molecule has 0 amide bonds. The van der Waals surface area contributed by atoms with Gasteiger partial charge in [-0.05, 0) is 0 Å². The van der Waals surface area contributed by atoms with Crippen molar-refractivity contribution in [2.75, 3.05) is 0 Å². The van der Waals surface area contributed by atoms with Crippen molar-refractivity contribution in [2.45, 2.75) is 437 Å². The third kappa shape index (κ3) is 1600. The minimum Gasteiger partial charge on any atom is -0.0776 e. The summed E-state index contributed by atoms with van der Waals surface area (Å²) in [4.78, 5) is 0. The maximum absolute atomic E-state index is 2.12. The van der Waals surface area contributed by atoms with Crippen LogP contribution in [-0.2, 0) is 1280 Å². The van der Waals surface area contributed by atoms with E-state index in [4.69, 9.17) is 0 Å². The van der Waals surface area contributed by atoms with Crippen molar-refractivity contribution in [3.63, 3.8) is 0 Å². The van der Waals surface area contributed by atoms with Crippen molar-refractivity contribution in [2.24, 2.45) is 0 Å². The Balaban J connectivity index is -0.00000000229. The van der Waals surface area contributed by atoms with Crippen LogP contribution in [-0.4, -0.2) is 0 Å². The number of rotatable bonds is 0. The summed E-state index contributed by atoms with van der Waals surface area (Å²) in [5, 5.41) is 0. The van der Waals surface area contributed by atoms with Crippen LogP contribution in [0.3, 0.4) is 0 Å². The van der Waals surface area contributed by atoms with Crippen LogP contribution in [0, 0.1) is 0 Å². The van der Waals surface area contributed by atoms with Crippen LogP contribution in [0.15, 0.2) is 0 Å². The summed E-state index contributed by atoms with van der Waals surface area (Å²) in [6.07, 6.45) is 23.8. The van der Waals surface area contributed by atoms with E-state index in [9.17, 15) is 0 Å². The van der Waals surface area contributed by atoms with Gasteiger partial charge in [0.15, 0.2) is 0 Å². The monoisotopic (exact) mass is 4420 g/mol. The summed E-state index contributed by atoms with van der Waals surface area (Å²) in [6.45, 7) is 80.8. The van der Waals surface area contributed by atoms with Crippen LogP contribution >= 0.6 is 0 Å². The average Bonchev–Trinajstić information content (AvgIpc) is 3.08. The van der Waals surface area contributed by atoms with Crippen molar-refractivity contribution in [3.05, 3.63) is 0 Å². The van der Waals surface area contributed by atoms with E-state index in [1.807, 2.05) is 0 Å². The van der Waals surface area contributed by atoms with Gasteiger partial charge in [0.05, 0.1) is 0 Å². The van der Waals surface area contributed by atoms with Gasteiger partial charge in [0.25, 0.3) is 0 Å². The van der Waals surface area contributed by atoms with Gasteiger partial charge in [-0.25, -0.2) is 0 Å². The summed E-state index contributed by atoms with van der Waals surface area (Å²) in [7, 11) is 0. The normalized spacial score (nSPS) is 3.32. The zero-order valence-electron chi connectivity index (χ0n) is 74.0. The first-order valence-corrected chi connectivity index (χ1v) is 26.9. The van der Waals surface area contributed by atoms with Crippen LogP contribution in [0.5, 0.6) is 0 Å². The number of hydrogen-bond acceptors (Lipinski definition) is 0. The van der Waals surface area contributed by atoms with E-state index >= 15 is 0 Å². The molecule has 39 radical (unpaired) electrons. The third-order valence-electron chi connectivity index (χ3n) is 0. The van der Waals surface area contributed by atoms with E-state index in [2.05, 4.69) is 263 Å². The molecule has 0 aliphatic rings. The van der Waals surface area contributed by atoms with E-state index in [-0.39, 0.29) is 1330 Å². The van der Waals surface area contributed by atoms with E-state index in [1.54, 1.807) is 0 Å². The van der Waals surface area contributed by atoms with Crippen LogP contribution in [0.4, 0.5) is 0 Å². The summed E-state index contributed by atoms with van der Waals surface area (Å²) in [5.41, 5.74) is 0. The standard InChI is InChI=1S/19C3H8.7CH4.39Y/c19*1-3-2;;;;;;;;;;;;;;;;;;;;;;;;;;;;;;;;;;;;;;;;;;;;;;/h19*3H2,1-2H3;7*1H4;;;;;;;;;;;;;;;;;;;;;;;;;;;;;;;;;;;;;;;. The molecule has 0 nitrogen and oxygen atoms in total. The second-order valence-corrected chi connectivity index (χ2v) is 13.4. The maximum atomic E-state index is 2.12. The van der Waals surface area contributed by atoms with Crippen molar-refractivity contribution in [1.82, 2.24) is 0 Å². The molecular formula is C64H180Y39. The van der Waals surface area contributed by atoms with Crippen molar-refractivity contribution in [3.8, 4) is 0 Å². The molecule has 0 N–H and O–H groups in total. The van der Waals surface area contributed by atoms with Gasteiger partial charge in [-0.3, -0.25) is 0 Å². The van der Waals surface area contributed by atoms with Crippen LogP contribution in [0.1, 0.15) is 437 Å². The molecule has 0 saturated carbocycles. The fraction of sp³-hybridized carbons (Fsp3) is 1.00. The van der Waals surface area contributed by atoms with Crippen molar-refractivity contribution >= 4 is 0 Å². The van der Waals surface area contributed by atoms with E-state index < -0.39 is 0 Å². The van der Waals surface area contributed by atoms with Crippen molar-refractivity contribution < 1.29 is 1280 Å². The van der Waals surface area contributed by atoms with Crippen LogP contribution in [0.2, 0.25) is 0 Å². The molecule has 0 heterocycles. The first-order valence-electron chi connectivity index (χ1n) is 26.9. The first-order chi connectivity index (χ1) is 26.9. The molecule has 0 rings (SSSR count). The first kappa shape index (κ1) is 468. The molecule has 0 saturated heterocycles. The Labute approximate surface area is 1660 Å². The zero-order valence-corrected chi connectivity index (χ0v) is 185. The summed E-state index contributed by atoms with van der Waals surface area (Å²) < 4.78 is 0. The molecule has 0 atom stereocenters. The van der Waals surface area contributed by atoms with E-state index in [0.717, 1.165) is 0 Å². The van der Waals surface area contributed by atoms with Crippen LogP contribution < -0.4 is 0 Å². The molecule has 0 unspecified atom stereocenters. The van der Waals surface area contributed by atoms with E-state index in [0.29, 0.717) is 0 Å². The molecule has 0 aromatic carbocycles. The summed E-state index contributed by atoms with van der Waals surface area (Å²) >= 11 is 0. The van der Waals surface area contributed by atoms with Gasteiger partial charge in [0, 0.05) is 1280 Å². The quantitative estimate of drug-likeness (QED) is 0.227. The van der Waals surface area contributed by atoms with E-state index in [1.165, 1.54) is 122 Å². The molecule has 0 aromatic heterocycles. The second kappa shape index (κ2) is 782. The topological polar surface area (TPSA) is 0 Å². The molecular weight excluding hydrogens is 4240 g/mol. The van der Waals surface area contributed by atoms with Gasteiger partial charge in [-0.2, -0.15) is 0 Å². The van der Waals surface area contributed by atoms with Crippen molar-refractivity contribution in [1.29, 1.82) is 0 Å². The maximum Gasteiger partial charge on any atom is 0 e. The minimum absolute atomic E-state index is 0. The Morgan fingerprint density at radius 1 is 0.0583 bits per heavy atom. The van der Waals surface area contributed by atoms with Gasteiger partial charge >= 0.3 is 0 Å². The number of hydrogen-bond donors (Lipinski definition) is 0. The third-order valence-corrected chi connectivity index (χ3v) is 0. The Morgan fingerprint density at radius 3 is 0.0583 bits per heavy atom. The van der Waals surface area contributed by atoms with Gasteiger partial charge in [0.2, 0.25) is 0 Å². The smallest absolute Gasteiger partial charge is 0 e. The average molecular weight is 4420 g/mol. The minimum atomic E-state index is 0. The fourth-order valence-corrected chi connectivity index (χ4v) is 0. The Morgan fingerprint density at radius 2 is 0.0583 bits per heavy atom. The van der Waals surface area contributed by atoms with Gasteiger partial charge in [-0.1, -0.05) is 437 Å². The molecule has 0 aromatic rings. The fourth-order valence-electron chi connectivity index (χ4n) is 0. The van der Waals surface area contributed by atoms with Gasteiger partial charge in [0.1, 0.15) is 0 Å². The Hall–Kier alpha value is 43.1. The second-order valence-electron chi connectivity index (χ2n) is 13.4. The molecule has 0 fully saturated rings. The molecule has 553 valence electrons. The molecule has 0 spiro atoms. The summed E-state index contributed by atoms with van der Waals surface area (Å²) in [6, 6.07) is 0. The Kier molecular flexibility index (Phi) is 3550. The largest absolute Gasteiger partial charge is 0.0776 e. The van der Waals surface area contributed by atoms with Crippen LogP contribution in [0.25, 0.3) is 0 Å². The molecule has 0 aliphatic carbocycles. The van der Waals surface area contributed by atoms with Gasteiger partial charge in [-0.15, -0.1) is 0 Å². The molecule has 103 heavy (non-hydrogen) atoms. The SMILES string of the molecule is C.C.C.C.C.C.C.CCC.CCC.CCC.CCC.CCC.CCC.CCC.CCC.CCC.CCC.CCC.CCC.CCC.CCC.CCC.CCC.CCC.CCC.CCC.[Y].[Y].[Y].[Y].[Y].[Y].[Y].[Y].[Y].[Y].[Y].[Y].[Y].[Y].[Y].[Y].[Y].[Y].[Y].[Y].[Y].[Y].[Y].[Y].[Y].[Y].[Y].[Y].[Y].[Y].[Y].[Y].[Y].[Y].[Y].[Y].[Y].[Y].[Y]. The molecule has 39 heteroatoms. The molecule has 0 bridgehead atoms. The molecule has 0 aliphatic heterocycles. The predicted octanol–water partition coefficient (Wildman–Crippen LogP) is 31.3. The Bertz CT molecular complexity index is 179.